The Morgan fingerprint density at radius 2 is 2.29 bits per heavy atom. The predicted octanol–water partition coefficient (Wildman–Crippen LogP) is 0.151. The molecule has 0 fully saturated rings. The molecule has 0 spiro atoms. The number of ether oxygens (including phenoxy) is 1. The molecular formula is C11H16N2O4. The smallest absolute Gasteiger partial charge is 0.307 e. The van der Waals surface area contributed by atoms with Gasteiger partial charge in [-0.1, -0.05) is 0 Å². The molecule has 0 amide bonds. The van der Waals surface area contributed by atoms with Gasteiger partial charge in [-0.15, -0.1) is 0 Å². The third-order valence-corrected chi connectivity index (χ3v) is 2.51. The maximum absolute atomic E-state index is 11.1. The molecule has 0 aliphatic heterocycles. The molecule has 4 N–H and O–H groups in total. The second kappa shape index (κ2) is 5.60. The molecule has 1 aromatic rings. The second-order valence-electron chi connectivity index (χ2n) is 3.68. The number of nitrogens with zero attached hydrogens (tertiary/aromatic N) is 1. The number of aliphatic hydroxyl groups is 1. The number of pyridine rings is 1. The molecule has 6 heteroatoms. The Hall–Kier alpha value is -1.66. The fraction of sp³-hybridized carbons (Fsp3) is 0.455. The van der Waals surface area contributed by atoms with Crippen LogP contribution in [0.2, 0.25) is 0 Å². The summed E-state index contributed by atoms with van der Waals surface area (Å²) in [5, 5.41) is 19.0. The molecule has 0 saturated carbocycles. The first-order valence-electron chi connectivity index (χ1n) is 5.11. The van der Waals surface area contributed by atoms with Crippen LogP contribution in [0.5, 0.6) is 5.75 Å². The summed E-state index contributed by atoms with van der Waals surface area (Å²) in [7, 11) is 1.26. The van der Waals surface area contributed by atoms with Gasteiger partial charge in [0, 0.05) is 23.4 Å². The van der Waals surface area contributed by atoms with E-state index < -0.39 is 12.0 Å². The van der Waals surface area contributed by atoms with Crippen LogP contribution >= 0.6 is 0 Å². The number of hydrogen-bond donors (Lipinski definition) is 3. The van der Waals surface area contributed by atoms with Gasteiger partial charge in [-0.05, 0) is 6.92 Å². The lowest BCUT2D eigenvalue weighted by Gasteiger charge is -2.16. The summed E-state index contributed by atoms with van der Waals surface area (Å²) >= 11 is 0. The molecule has 1 aromatic heterocycles. The first-order chi connectivity index (χ1) is 8.01. The fourth-order valence-electron chi connectivity index (χ4n) is 1.56. The minimum absolute atomic E-state index is 0.0689. The Morgan fingerprint density at radius 3 is 2.82 bits per heavy atom. The molecule has 1 heterocycles. The lowest BCUT2D eigenvalue weighted by atomic mass is 9.98. The number of hydrogen-bond acceptors (Lipinski definition) is 6. The Morgan fingerprint density at radius 1 is 1.65 bits per heavy atom. The van der Waals surface area contributed by atoms with Gasteiger partial charge in [0.05, 0.1) is 25.8 Å². The Balaban J connectivity index is 3.10. The van der Waals surface area contributed by atoms with E-state index in [0.29, 0.717) is 16.8 Å². The number of carbonyl (C=O) groups is 1. The number of esters is 1. The van der Waals surface area contributed by atoms with Crippen LogP contribution in [-0.2, 0) is 16.1 Å². The van der Waals surface area contributed by atoms with Crippen LogP contribution < -0.4 is 5.73 Å². The van der Waals surface area contributed by atoms with Gasteiger partial charge >= 0.3 is 5.97 Å². The number of rotatable bonds is 4. The van der Waals surface area contributed by atoms with Crippen molar-refractivity contribution >= 4 is 5.97 Å². The SMILES string of the molecule is COC(=O)C[C@H](N)c1c(CO)cnc(C)c1O. The topological polar surface area (TPSA) is 106 Å². The number of aromatic nitrogens is 1. The van der Waals surface area contributed by atoms with E-state index in [1.54, 1.807) is 6.92 Å². The summed E-state index contributed by atoms with van der Waals surface area (Å²) in [4.78, 5) is 15.0. The number of carbonyl (C=O) groups excluding carboxylic acids is 1. The Labute approximate surface area is 99.0 Å². The van der Waals surface area contributed by atoms with Crippen LogP contribution in [0.4, 0.5) is 0 Å². The summed E-state index contributed by atoms with van der Waals surface area (Å²) in [6, 6.07) is -0.730. The van der Waals surface area contributed by atoms with Gasteiger partial charge in [0.1, 0.15) is 5.75 Å². The molecule has 0 bridgehead atoms. The van der Waals surface area contributed by atoms with Crippen molar-refractivity contribution in [3.8, 4) is 5.75 Å². The molecule has 1 rings (SSSR count). The van der Waals surface area contributed by atoms with Gasteiger partial charge in [0.25, 0.3) is 0 Å². The number of aliphatic hydroxyl groups excluding tert-OH is 1. The summed E-state index contributed by atoms with van der Waals surface area (Å²) < 4.78 is 4.51. The van der Waals surface area contributed by atoms with Crippen LogP contribution in [0.15, 0.2) is 6.20 Å². The van der Waals surface area contributed by atoms with Gasteiger partial charge in [-0.3, -0.25) is 9.78 Å². The first-order valence-corrected chi connectivity index (χ1v) is 5.11. The van der Waals surface area contributed by atoms with E-state index in [4.69, 9.17) is 10.8 Å². The Kier molecular flexibility index (Phi) is 4.42. The lowest BCUT2D eigenvalue weighted by molar-refractivity contribution is -0.141. The minimum atomic E-state index is -0.730. The highest BCUT2D eigenvalue weighted by Crippen LogP contribution is 2.30. The van der Waals surface area contributed by atoms with Gasteiger partial charge in [0.2, 0.25) is 0 Å². The van der Waals surface area contributed by atoms with E-state index in [2.05, 4.69) is 9.72 Å². The van der Waals surface area contributed by atoms with E-state index in [9.17, 15) is 9.90 Å². The van der Waals surface area contributed by atoms with Gasteiger partial charge in [-0.25, -0.2) is 0 Å². The van der Waals surface area contributed by atoms with Crippen molar-refractivity contribution in [2.24, 2.45) is 5.73 Å². The van der Waals surface area contributed by atoms with E-state index in [0.717, 1.165) is 0 Å². The first kappa shape index (κ1) is 13.4. The lowest BCUT2D eigenvalue weighted by Crippen LogP contribution is -2.18. The number of methoxy groups -OCH3 is 1. The molecule has 6 nitrogen and oxygen atoms in total. The van der Waals surface area contributed by atoms with Gasteiger partial charge in [-0.2, -0.15) is 0 Å². The van der Waals surface area contributed by atoms with Crippen molar-refractivity contribution in [3.63, 3.8) is 0 Å². The average Bonchev–Trinajstić information content (AvgIpc) is 2.31. The maximum atomic E-state index is 11.1. The molecule has 1 atom stereocenters. The highest BCUT2D eigenvalue weighted by Gasteiger charge is 2.20. The highest BCUT2D eigenvalue weighted by atomic mass is 16.5. The zero-order valence-electron chi connectivity index (χ0n) is 9.80. The molecule has 17 heavy (non-hydrogen) atoms. The maximum Gasteiger partial charge on any atom is 0.307 e. The van der Waals surface area contributed by atoms with E-state index in [1.165, 1.54) is 13.3 Å². The fourth-order valence-corrected chi connectivity index (χ4v) is 1.56. The van der Waals surface area contributed by atoms with Crippen molar-refractivity contribution in [2.45, 2.75) is 26.0 Å². The van der Waals surface area contributed by atoms with Crippen molar-refractivity contribution in [3.05, 3.63) is 23.0 Å². The van der Waals surface area contributed by atoms with Crippen molar-refractivity contribution in [1.29, 1.82) is 0 Å². The summed E-state index contributed by atoms with van der Waals surface area (Å²) in [6.45, 7) is 1.32. The van der Waals surface area contributed by atoms with Crippen molar-refractivity contribution in [1.82, 2.24) is 4.98 Å². The molecular weight excluding hydrogens is 224 g/mol. The molecule has 0 radical (unpaired) electrons. The van der Waals surface area contributed by atoms with Crippen LogP contribution in [0, 0.1) is 6.92 Å². The van der Waals surface area contributed by atoms with Crippen LogP contribution in [0.1, 0.15) is 29.3 Å². The molecule has 0 unspecified atom stereocenters. The predicted molar refractivity (Wildman–Crippen MR) is 60.1 cm³/mol. The van der Waals surface area contributed by atoms with E-state index in [1.807, 2.05) is 0 Å². The summed E-state index contributed by atoms with van der Waals surface area (Å²) in [6.07, 6.45) is 1.36. The quantitative estimate of drug-likeness (QED) is 0.647. The molecule has 0 aromatic carbocycles. The normalized spacial score (nSPS) is 12.2. The zero-order valence-corrected chi connectivity index (χ0v) is 9.80. The van der Waals surface area contributed by atoms with Crippen LogP contribution in [-0.4, -0.2) is 28.3 Å². The second-order valence-corrected chi connectivity index (χ2v) is 3.68. The molecule has 0 saturated heterocycles. The standard InChI is InChI=1S/C11H16N2O4/c1-6-11(16)10(7(5-14)4-13-6)8(12)3-9(15)17-2/h4,8,14,16H,3,5,12H2,1-2H3/t8-/m0/s1. The Bertz CT molecular complexity index is 420. The van der Waals surface area contributed by atoms with E-state index >= 15 is 0 Å². The number of aryl methyl sites for hydroxylation is 1. The van der Waals surface area contributed by atoms with Gasteiger partial charge in [0.15, 0.2) is 0 Å². The molecule has 94 valence electrons. The number of aromatic hydroxyl groups is 1. The third kappa shape index (κ3) is 2.92. The number of nitrogens with two attached hydrogens (primary N) is 1. The summed E-state index contributed by atoms with van der Waals surface area (Å²) in [5.41, 5.74) is 6.96. The molecule has 0 aliphatic rings. The minimum Gasteiger partial charge on any atom is -0.506 e. The van der Waals surface area contributed by atoms with Crippen LogP contribution in [0.3, 0.4) is 0 Å². The van der Waals surface area contributed by atoms with Crippen molar-refractivity contribution < 1.29 is 19.7 Å². The van der Waals surface area contributed by atoms with Crippen LogP contribution in [0.25, 0.3) is 0 Å². The highest BCUT2D eigenvalue weighted by molar-refractivity contribution is 5.70. The zero-order chi connectivity index (χ0) is 13.0. The van der Waals surface area contributed by atoms with Gasteiger partial charge < -0.3 is 20.7 Å². The van der Waals surface area contributed by atoms with Crippen molar-refractivity contribution in [2.75, 3.05) is 7.11 Å². The summed E-state index contributed by atoms with van der Waals surface area (Å²) in [5.74, 6) is -0.566. The van der Waals surface area contributed by atoms with E-state index in [-0.39, 0.29) is 18.8 Å². The monoisotopic (exact) mass is 240 g/mol. The third-order valence-electron chi connectivity index (χ3n) is 2.51. The largest absolute Gasteiger partial charge is 0.506 e. The molecule has 0 aliphatic carbocycles. The average molecular weight is 240 g/mol.